The molecule has 6 heteroatoms. The van der Waals surface area contributed by atoms with Gasteiger partial charge in [-0.15, -0.1) is 0 Å². The van der Waals surface area contributed by atoms with E-state index in [1.807, 2.05) is 0 Å². The van der Waals surface area contributed by atoms with Crippen LogP contribution < -0.4 is 0 Å². The first-order chi connectivity index (χ1) is 9.59. The molecule has 0 aliphatic carbocycles. The fraction of sp³-hybridized carbons (Fsp3) is 0.0714. The molecule has 0 N–H and O–H groups in total. The van der Waals surface area contributed by atoms with Gasteiger partial charge in [0.05, 0.1) is 4.92 Å². The van der Waals surface area contributed by atoms with Gasteiger partial charge in [-0.1, -0.05) is 41.9 Å². The van der Waals surface area contributed by atoms with Crippen molar-refractivity contribution in [3.8, 4) is 0 Å². The highest BCUT2D eigenvalue weighted by Crippen LogP contribution is 2.20. The maximum atomic E-state index is 11.9. The number of nitro benzene ring substituents is 1. The third-order valence-corrected chi connectivity index (χ3v) is 3.01. The maximum absolute atomic E-state index is 11.9. The van der Waals surface area contributed by atoms with Crippen molar-refractivity contribution in [2.75, 3.05) is 0 Å². The van der Waals surface area contributed by atoms with E-state index in [-0.39, 0.29) is 17.9 Å². The number of halogens is 1. The number of rotatable bonds is 4. The number of nitrogens with zero attached hydrogens (tertiary/aromatic N) is 1. The molecule has 0 spiro atoms. The zero-order valence-electron chi connectivity index (χ0n) is 10.3. The van der Waals surface area contributed by atoms with Crippen LogP contribution in [-0.4, -0.2) is 10.9 Å². The molecule has 2 aromatic rings. The molecule has 0 saturated carbocycles. The number of nitro groups is 1. The van der Waals surface area contributed by atoms with E-state index < -0.39 is 10.9 Å². The van der Waals surface area contributed by atoms with Crippen LogP contribution in [0.4, 0.5) is 5.69 Å². The molecule has 0 heterocycles. The third-order valence-electron chi connectivity index (χ3n) is 2.64. The molecule has 0 unspecified atom stereocenters. The van der Waals surface area contributed by atoms with Crippen molar-refractivity contribution >= 4 is 23.3 Å². The highest BCUT2D eigenvalue weighted by Gasteiger charge is 2.20. The van der Waals surface area contributed by atoms with E-state index in [4.69, 9.17) is 16.3 Å². The van der Waals surface area contributed by atoms with Crippen LogP contribution in [0.15, 0.2) is 48.5 Å². The molecule has 0 aliphatic rings. The highest BCUT2D eigenvalue weighted by molar-refractivity contribution is 6.31. The summed E-state index contributed by atoms with van der Waals surface area (Å²) in [4.78, 5) is 22.1. The number of hydrogen-bond donors (Lipinski definition) is 0. The molecule has 102 valence electrons. The Hall–Kier alpha value is -2.40. The van der Waals surface area contributed by atoms with Crippen LogP contribution in [0.3, 0.4) is 0 Å². The van der Waals surface area contributed by atoms with E-state index in [2.05, 4.69) is 0 Å². The molecule has 0 fully saturated rings. The summed E-state index contributed by atoms with van der Waals surface area (Å²) in [6.45, 7) is -0.0371. The fourth-order valence-electron chi connectivity index (χ4n) is 1.64. The van der Waals surface area contributed by atoms with Gasteiger partial charge in [-0.2, -0.15) is 0 Å². The topological polar surface area (TPSA) is 69.4 Å². The summed E-state index contributed by atoms with van der Waals surface area (Å²) < 4.78 is 5.06. The molecule has 0 atom stereocenters. The normalized spacial score (nSPS) is 10.1. The Morgan fingerprint density at radius 3 is 2.50 bits per heavy atom. The second-order valence-corrected chi connectivity index (χ2v) is 4.35. The second-order valence-electron chi connectivity index (χ2n) is 3.94. The summed E-state index contributed by atoms with van der Waals surface area (Å²) in [6.07, 6.45) is 0. The minimum absolute atomic E-state index is 0.0371. The molecule has 0 bridgehead atoms. The number of benzene rings is 2. The predicted molar refractivity (Wildman–Crippen MR) is 73.7 cm³/mol. The minimum Gasteiger partial charge on any atom is -0.457 e. The van der Waals surface area contributed by atoms with Crippen LogP contribution in [-0.2, 0) is 11.3 Å². The van der Waals surface area contributed by atoms with Gasteiger partial charge in [0.15, 0.2) is 0 Å². The number of esters is 1. The number of hydrogen-bond acceptors (Lipinski definition) is 4. The quantitative estimate of drug-likeness (QED) is 0.490. The van der Waals surface area contributed by atoms with Crippen LogP contribution in [0, 0.1) is 10.1 Å². The van der Waals surface area contributed by atoms with E-state index in [1.54, 1.807) is 30.3 Å². The molecule has 2 aromatic carbocycles. The molecule has 0 saturated heterocycles. The van der Waals surface area contributed by atoms with Gasteiger partial charge >= 0.3 is 5.97 Å². The Morgan fingerprint density at radius 2 is 1.80 bits per heavy atom. The minimum atomic E-state index is -0.753. The lowest BCUT2D eigenvalue weighted by Gasteiger charge is -2.06. The van der Waals surface area contributed by atoms with Crippen molar-refractivity contribution in [2.24, 2.45) is 0 Å². The largest absolute Gasteiger partial charge is 0.457 e. The van der Waals surface area contributed by atoms with Crippen LogP contribution in [0.1, 0.15) is 15.9 Å². The Kier molecular flexibility index (Phi) is 4.32. The first-order valence-electron chi connectivity index (χ1n) is 5.73. The Balaban J connectivity index is 2.14. The third kappa shape index (κ3) is 3.13. The van der Waals surface area contributed by atoms with E-state index in [0.29, 0.717) is 10.6 Å². The molecule has 0 aliphatic heterocycles. The molecule has 20 heavy (non-hydrogen) atoms. The summed E-state index contributed by atoms with van der Waals surface area (Å²) in [7, 11) is 0. The fourth-order valence-corrected chi connectivity index (χ4v) is 1.83. The summed E-state index contributed by atoms with van der Waals surface area (Å²) in [6, 6.07) is 12.6. The van der Waals surface area contributed by atoms with Crippen molar-refractivity contribution in [3.05, 3.63) is 74.8 Å². The Bertz CT molecular complexity index is 657. The van der Waals surface area contributed by atoms with Gasteiger partial charge in [-0.25, -0.2) is 4.79 Å². The molecule has 0 amide bonds. The lowest BCUT2D eigenvalue weighted by atomic mass is 10.2. The second kappa shape index (κ2) is 6.16. The average molecular weight is 292 g/mol. The van der Waals surface area contributed by atoms with Crippen LogP contribution in [0.5, 0.6) is 0 Å². The van der Waals surface area contributed by atoms with Gasteiger partial charge in [-0.3, -0.25) is 10.1 Å². The SMILES string of the molecule is O=C(OCc1ccccc1Cl)c1ccccc1[N+](=O)[O-]. The predicted octanol–water partition coefficient (Wildman–Crippen LogP) is 3.61. The van der Waals surface area contributed by atoms with Crippen LogP contribution in [0.2, 0.25) is 5.02 Å². The van der Waals surface area contributed by atoms with E-state index >= 15 is 0 Å². The van der Waals surface area contributed by atoms with Gasteiger partial charge in [-0.05, 0) is 12.1 Å². The zero-order valence-corrected chi connectivity index (χ0v) is 11.0. The molecule has 0 aromatic heterocycles. The molecule has 5 nitrogen and oxygen atoms in total. The standard InChI is InChI=1S/C14H10ClNO4/c15-12-7-3-1-5-10(12)9-20-14(17)11-6-2-4-8-13(11)16(18)19/h1-8H,9H2. The summed E-state index contributed by atoms with van der Waals surface area (Å²) in [5, 5.41) is 11.3. The highest BCUT2D eigenvalue weighted by atomic mass is 35.5. The van der Waals surface area contributed by atoms with E-state index in [0.717, 1.165) is 0 Å². The lowest BCUT2D eigenvalue weighted by molar-refractivity contribution is -0.385. The van der Waals surface area contributed by atoms with Crippen molar-refractivity contribution in [1.82, 2.24) is 0 Å². The number of carbonyl (C=O) groups is 1. The van der Waals surface area contributed by atoms with Crippen molar-refractivity contribution in [3.63, 3.8) is 0 Å². The smallest absolute Gasteiger partial charge is 0.345 e. The van der Waals surface area contributed by atoms with Crippen molar-refractivity contribution < 1.29 is 14.5 Å². The molecular weight excluding hydrogens is 282 g/mol. The molecule has 0 radical (unpaired) electrons. The van der Waals surface area contributed by atoms with Crippen LogP contribution in [0.25, 0.3) is 0 Å². The average Bonchev–Trinajstić information content (AvgIpc) is 2.46. The maximum Gasteiger partial charge on any atom is 0.345 e. The summed E-state index contributed by atoms with van der Waals surface area (Å²) in [5.74, 6) is -0.753. The van der Waals surface area contributed by atoms with Gasteiger partial charge in [0.25, 0.3) is 5.69 Å². The van der Waals surface area contributed by atoms with Gasteiger partial charge < -0.3 is 4.74 Å². The summed E-state index contributed by atoms with van der Waals surface area (Å²) in [5.41, 5.74) is 0.280. The lowest BCUT2D eigenvalue weighted by Crippen LogP contribution is -2.08. The Labute approximate surface area is 119 Å². The number of para-hydroxylation sites is 1. The number of carbonyl (C=O) groups excluding carboxylic acids is 1. The van der Waals surface area contributed by atoms with E-state index in [1.165, 1.54) is 18.2 Å². The van der Waals surface area contributed by atoms with E-state index in [9.17, 15) is 14.9 Å². The van der Waals surface area contributed by atoms with Crippen molar-refractivity contribution in [1.29, 1.82) is 0 Å². The number of ether oxygens (including phenoxy) is 1. The molecular formula is C14H10ClNO4. The van der Waals surface area contributed by atoms with Crippen molar-refractivity contribution in [2.45, 2.75) is 6.61 Å². The van der Waals surface area contributed by atoms with Gasteiger partial charge in [0, 0.05) is 16.7 Å². The first kappa shape index (κ1) is 14.0. The monoisotopic (exact) mass is 291 g/mol. The first-order valence-corrected chi connectivity index (χ1v) is 6.11. The zero-order chi connectivity index (χ0) is 14.5. The van der Waals surface area contributed by atoms with Gasteiger partial charge in [0.1, 0.15) is 12.2 Å². The van der Waals surface area contributed by atoms with Gasteiger partial charge in [0.2, 0.25) is 0 Å². The molecule has 2 rings (SSSR count). The van der Waals surface area contributed by atoms with Crippen LogP contribution >= 0.6 is 11.6 Å². The Morgan fingerprint density at radius 1 is 1.15 bits per heavy atom. The summed E-state index contributed by atoms with van der Waals surface area (Å²) >= 11 is 5.94.